The summed E-state index contributed by atoms with van der Waals surface area (Å²) < 4.78 is 31.4. The summed E-state index contributed by atoms with van der Waals surface area (Å²) in [6.45, 7) is 6.55. The molecule has 1 aromatic carbocycles. The highest BCUT2D eigenvalue weighted by Gasteiger charge is 2.39. The Morgan fingerprint density at radius 3 is 2.42 bits per heavy atom. The summed E-state index contributed by atoms with van der Waals surface area (Å²) in [6.07, 6.45) is 7.97. The highest BCUT2D eigenvalue weighted by molar-refractivity contribution is 5.87. The molecule has 0 aliphatic carbocycles. The summed E-state index contributed by atoms with van der Waals surface area (Å²) in [5.41, 5.74) is 2.74. The van der Waals surface area contributed by atoms with Crippen LogP contribution in [0.1, 0.15) is 57.0 Å². The molecule has 2 aliphatic heterocycles. The SMILES string of the molecule is Cc1nc2c(F)cc(-c3cc(F)cnc3Nc3ncc(CN4C5CCC4CC(=O)C5)cn3)cc2n1C(C)C. The predicted molar refractivity (Wildman–Crippen MR) is 140 cm³/mol. The van der Waals surface area contributed by atoms with Gasteiger partial charge in [-0.3, -0.25) is 9.69 Å². The van der Waals surface area contributed by atoms with Crippen molar-refractivity contribution in [2.45, 2.75) is 71.1 Å². The Bertz CT molecular complexity index is 1520. The van der Waals surface area contributed by atoms with Gasteiger partial charge in [0.05, 0.1) is 11.7 Å². The van der Waals surface area contributed by atoms with Crippen LogP contribution in [0.5, 0.6) is 0 Å². The molecule has 10 heteroatoms. The number of rotatable bonds is 6. The molecular formula is C28H29F2N7O. The largest absolute Gasteiger partial charge is 0.326 e. The second-order valence-corrected chi connectivity index (χ2v) is 10.5. The van der Waals surface area contributed by atoms with Crippen LogP contribution in [0.15, 0.2) is 36.8 Å². The number of piperidine rings is 1. The molecule has 3 aromatic heterocycles. The van der Waals surface area contributed by atoms with Crippen molar-refractivity contribution in [2.24, 2.45) is 0 Å². The Morgan fingerprint density at radius 2 is 1.74 bits per heavy atom. The van der Waals surface area contributed by atoms with Crippen molar-refractivity contribution < 1.29 is 13.6 Å². The molecule has 0 saturated carbocycles. The van der Waals surface area contributed by atoms with E-state index in [2.05, 4.69) is 30.2 Å². The van der Waals surface area contributed by atoms with E-state index in [9.17, 15) is 9.18 Å². The molecule has 2 saturated heterocycles. The number of Topliss-reactive ketones (excluding diaryl/α,β-unsaturated/α-hetero) is 1. The van der Waals surface area contributed by atoms with Gasteiger partial charge in [-0.15, -0.1) is 0 Å². The van der Waals surface area contributed by atoms with Gasteiger partial charge in [0, 0.05) is 61.0 Å². The summed E-state index contributed by atoms with van der Waals surface area (Å²) in [5, 5.41) is 3.07. The van der Waals surface area contributed by atoms with Crippen molar-refractivity contribution in [3.63, 3.8) is 0 Å². The van der Waals surface area contributed by atoms with Crippen LogP contribution in [0, 0.1) is 18.6 Å². The van der Waals surface area contributed by atoms with E-state index in [1.165, 1.54) is 12.1 Å². The van der Waals surface area contributed by atoms with Gasteiger partial charge in [0.15, 0.2) is 5.82 Å². The van der Waals surface area contributed by atoms with Gasteiger partial charge in [-0.25, -0.2) is 28.7 Å². The van der Waals surface area contributed by atoms with Gasteiger partial charge < -0.3 is 9.88 Å². The maximum Gasteiger partial charge on any atom is 0.228 e. The van der Waals surface area contributed by atoms with Crippen molar-refractivity contribution in [1.82, 2.24) is 29.4 Å². The molecular weight excluding hydrogens is 488 g/mol. The first-order chi connectivity index (χ1) is 18.3. The molecule has 2 aliphatic rings. The number of nitrogens with one attached hydrogen (secondary N) is 1. The molecule has 0 amide bonds. The number of pyridine rings is 1. The molecule has 0 spiro atoms. The number of aryl methyl sites for hydroxylation is 1. The van der Waals surface area contributed by atoms with E-state index in [0.717, 1.165) is 24.6 Å². The van der Waals surface area contributed by atoms with Crippen molar-refractivity contribution in [2.75, 3.05) is 5.32 Å². The number of benzene rings is 1. The fraction of sp³-hybridized carbons (Fsp3) is 0.393. The fourth-order valence-corrected chi connectivity index (χ4v) is 5.97. The maximum atomic E-state index is 15.1. The van der Waals surface area contributed by atoms with Gasteiger partial charge in [0.2, 0.25) is 5.95 Å². The molecule has 1 N–H and O–H groups in total. The molecule has 2 fully saturated rings. The molecule has 2 unspecified atom stereocenters. The van der Waals surface area contributed by atoms with E-state index in [1.54, 1.807) is 12.4 Å². The van der Waals surface area contributed by atoms with Crippen molar-refractivity contribution in [3.8, 4) is 11.1 Å². The molecule has 4 aromatic rings. The van der Waals surface area contributed by atoms with E-state index in [0.29, 0.717) is 71.5 Å². The quantitative estimate of drug-likeness (QED) is 0.362. The zero-order valence-electron chi connectivity index (χ0n) is 21.6. The zero-order valence-corrected chi connectivity index (χ0v) is 21.6. The summed E-state index contributed by atoms with van der Waals surface area (Å²) in [7, 11) is 0. The minimum Gasteiger partial charge on any atom is -0.326 e. The Morgan fingerprint density at radius 1 is 1.03 bits per heavy atom. The average molecular weight is 518 g/mol. The van der Waals surface area contributed by atoms with Crippen molar-refractivity contribution in [3.05, 3.63) is 59.8 Å². The smallest absolute Gasteiger partial charge is 0.228 e. The van der Waals surface area contributed by atoms with Crippen LogP contribution in [0.2, 0.25) is 0 Å². The van der Waals surface area contributed by atoms with Crippen LogP contribution in [0.3, 0.4) is 0 Å². The lowest BCUT2D eigenvalue weighted by Crippen LogP contribution is -2.42. The first-order valence-electron chi connectivity index (χ1n) is 13.0. The second-order valence-electron chi connectivity index (χ2n) is 10.5. The molecule has 5 heterocycles. The number of imidazole rings is 1. The normalized spacial score (nSPS) is 19.6. The fourth-order valence-electron chi connectivity index (χ4n) is 5.97. The van der Waals surface area contributed by atoms with Crippen LogP contribution in [0.25, 0.3) is 22.2 Å². The second kappa shape index (κ2) is 9.50. The first kappa shape index (κ1) is 24.5. The number of carbonyl (C=O) groups excluding carboxylic acids is 1. The highest BCUT2D eigenvalue weighted by Crippen LogP contribution is 2.36. The number of anilines is 2. The molecule has 8 nitrogen and oxygen atoms in total. The third-order valence-electron chi connectivity index (χ3n) is 7.61. The summed E-state index contributed by atoms with van der Waals surface area (Å²) in [6, 6.07) is 5.16. The molecule has 0 radical (unpaired) electrons. The Labute approximate surface area is 219 Å². The molecule has 196 valence electrons. The monoisotopic (exact) mass is 517 g/mol. The lowest BCUT2D eigenvalue weighted by atomic mass is 10.0. The van der Waals surface area contributed by atoms with Crippen LogP contribution in [-0.2, 0) is 11.3 Å². The number of fused-ring (bicyclic) bond motifs is 3. The molecule has 38 heavy (non-hydrogen) atoms. The van der Waals surface area contributed by atoms with E-state index in [4.69, 9.17) is 0 Å². The minimum atomic E-state index is -0.537. The molecule has 2 atom stereocenters. The van der Waals surface area contributed by atoms with Crippen molar-refractivity contribution in [1.29, 1.82) is 0 Å². The number of hydrogen-bond donors (Lipinski definition) is 1. The van der Waals surface area contributed by atoms with E-state index >= 15 is 4.39 Å². The lowest BCUT2D eigenvalue weighted by Gasteiger charge is -2.33. The molecule has 6 rings (SSSR count). The first-order valence-corrected chi connectivity index (χ1v) is 13.0. The zero-order chi connectivity index (χ0) is 26.6. The number of carbonyl (C=O) groups is 1. The van der Waals surface area contributed by atoms with E-state index in [1.807, 2.05) is 31.4 Å². The van der Waals surface area contributed by atoms with Gasteiger partial charge in [-0.2, -0.15) is 0 Å². The van der Waals surface area contributed by atoms with Crippen LogP contribution in [-0.4, -0.2) is 47.3 Å². The van der Waals surface area contributed by atoms with E-state index < -0.39 is 11.6 Å². The standard InChI is InChI=1S/C28H29F2N7O/c1-15(2)37-16(3)34-26-24(30)6-18(7-25(26)37)23-8-19(29)13-31-27(23)35-28-32-11-17(12-33-28)14-36-20-4-5-21(36)10-22(38)9-20/h6-8,11-13,15,20-21H,4-5,9-10,14H2,1-3H3,(H,31,32,33,35). The predicted octanol–water partition coefficient (Wildman–Crippen LogP) is 5.50. The van der Waals surface area contributed by atoms with Crippen LogP contribution < -0.4 is 5.32 Å². The lowest BCUT2D eigenvalue weighted by molar-refractivity contribution is -0.123. The molecule has 2 bridgehead atoms. The number of nitrogens with zero attached hydrogens (tertiary/aromatic N) is 6. The van der Waals surface area contributed by atoms with Gasteiger partial charge in [-0.1, -0.05) is 0 Å². The van der Waals surface area contributed by atoms with E-state index in [-0.39, 0.29) is 11.6 Å². The highest BCUT2D eigenvalue weighted by atomic mass is 19.1. The number of hydrogen-bond acceptors (Lipinski definition) is 7. The average Bonchev–Trinajstić information content (AvgIpc) is 3.33. The number of ketones is 1. The minimum absolute atomic E-state index is 0.0745. The Hall–Kier alpha value is -3.79. The van der Waals surface area contributed by atoms with Crippen LogP contribution in [0.4, 0.5) is 20.5 Å². The van der Waals surface area contributed by atoms with Gasteiger partial charge in [0.25, 0.3) is 0 Å². The van der Waals surface area contributed by atoms with Gasteiger partial charge in [0.1, 0.15) is 28.8 Å². The van der Waals surface area contributed by atoms with Crippen LogP contribution >= 0.6 is 0 Å². The Balaban J connectivity index is 1.28. The third kappa shape index (κ3) is 4.42. The summed E-state index contributed by atoms with van der Waals surface area (Å²) in [4.78, 5) is 31.8. The van der Waals surface area contributed by atoms with Crippen molar-refractivity contribution >= 4 is 28.6 Å². The Kier molecular flexibility index (Phi) is 6.14. The number of halogens is 2. The third-order valence-corrected chi connectivity index (χ3v) is 7.61. The summed E-state index contributed by atoms with van der Waals surface area (Å²) >= 11 is 0. The summed E-state index contributed by atoms with van der Waals surface area (Å²) in [5.74, 6) is 0.664. The van der Waals surface area contributed by atoms with Gasteiger partial charge in [-0.05, 0) is 57.4 Å². The van der Waals surface area contributed by atoms with Gasteiger partial charge >= 0.3 is 0 Å². The topological polar surface area (TPSA) is 88.8 Å². The maximum absolute atomic E-state index is 15.1. The number of aromatic nitrogens is 5.